The smallest absolute Gasteiger partial charge is 0.237 e. The Bertz CT molecular complexity index is 286. The van der Waals surface area contributed by atoms with Crippen LogP contribution in [0.2, 0.25) is 0 Å². The Hall–Kier alpha value is -1.04. The second kappa shape index (κ2) is 4.86. The quantitative estimate of drug-likeness (QED) is 0.562. The van der Waals surface area contributed by atoms with Crippen LogP contribution in [0, 0.1) is 5.41 Å². The number of rotatable bonds is 4. The first-order chi connectivity index (χ1) is 6.22. The standard InChI is InChI=1S/C7H12N4OS/c1-2-3-5-10-6(12-11-5)4-13-7(8)9/h2-4H2,1H3,(H3,8,9). The highest BCUT2D eigenvalue weighted by atomic mass is 32.2. The fourth-order valence-corrected chi connectivity index (χ4v) is 1.21. The molecular weight excluding hydrogens is 188 g/mol. The number of aromatic nitrogens is 2. The van der Waals surface area contributed by atoms with E-state index < -0.39 is 0 Å². The van der Waals surface area contributed by atoms with Gasteiger partial charge in [0.15, 0.2) is 11.0 Å². The number of hydrogen-bond donors (Lipinski definition) is 2. The molecule has 0 spiro atoms. The molecule has 0 saturated heterocycles. The van der Waals surface area contributed by atoms with E-state index in [4.69, 9.17) is 15.7 Å². The van der Waals surface area contributed by atoms with Crippen LogP contribution in [-0.2, 0) is 12.2 Å². The van der Waals surface area contributed by atoms with E-state index in [1.165, 1.54) is 11.8 Å². The highest BCUT2D eigenvalue weighted by molar-refractivity contribution is 8.12. The monoisotopic (exact) mass is 200 g/mol. The molecule has 0 aliphatic rings. The largest absolute Gasteiger partial charge is 0.379 e. The maximum atomic E-state index is 6.98. The van der Waals surface area contributed by atoms with Gasteiger partial charge in [0, 0.05) is 6.42 Å². The van der Waals surface area contributed by atoms with Crippen molar-refractivity contribution in [2.24, 2.45) is 5.73 Å². The van der Waals surface area contributed by atoms with E-state index in [1.807, 2.05) is 0 Å². The zero-order chi connectivity index (χ0) is 9.68. The van der Waals surface area contributed by atoms with Crippen molar-refractivity contribution >= 4 is 16.9 Å². The highest BCUT2D eigenvalue weighted by Crippen LogP contribution is 2.09. The topological polar surface area (TPSA) is 88.8 Å². The van der Waals surface area contributed by atoms with Crippen molar-refractivity contribution in [1.29, 1.82) is 5.41 Å². The normalized spacial score (nSPS) is 10.2. The second-order valence-corrected chi connectivity index (χ2v) is 3.52. The Labute approximate surface area is 80.6 Å². The zero-order valence-electron chi connectivity index (χ0n) is 7.41. The van der Waals surface area contributed by atoms with E-state index >= 15 is 0 Å². The summed E-state index contributed by atoms with van der Waals surface area (Å²) in [6.45, 7) is 2.06. The minimum atomic E-state index is 0.0650. The number of amidine groups is 1. The molecule has 5 nitrogen and oxygen atoms in total. The van der Waals surface area contributed by atoms with Crippen molar-refractivity contribution in [2.75, 3.05) is 0 Å². The third-order valence-corrected chi connectivity index (χ3v) is 2.04. The average molecular weight is 200 g/mol. The van der Waals surface area contributed by atoms with Crippen molar-refractivity contribution in [1.82, 2.24) is 10.1 Å². The van der Waals surface area contributed by atoms with E-state index in [-0.39, 0.29) is 5.17 Å². The van der Waals surface area contributed by atoms with Crippen molar-refractivity contribution in [3.05, 3.63) is 11.7 Å². The van der Waals surface area contributed by atoms with E-state index in [0.717, 1.165) is 18.7 Å². The van der Waals surface area contributed by atoms with Gasteiger partial charge in [0.2, 0.25) is 5.89 Å². The van der Waals surface area contributed by atoms with Gasteiger partial charge >= 0.3 is 0 Å². The molecule has 0 aliphatic heterocycles. The zero-order valence-corrected chi connectivity index (χ0v) is 8.23. The predicted molar refractivity (Wildman–Crippen MR) is 51.5 cm³/mol. The van der Waals surface area contributed by atoms with E-state index in [9.17, 15) is 0 Å². The van der Waals surface area contributed by atoms with Crippen LogP contribution >= 0.6 is 11.8 Å². The van der Waals surface area contributed by atoms with Crippen LogP contribution < -0.4 is 5.73 Å². The number of nitrogens with zero attached hydrogens (tertiary/aromatic N) is 2. The maximum Gasteiger partial charge on any atom is 0.237 e. The number of hydrogen-bond acceptors (Lipinski definition) is 5. The fraction of sp³-hybridized carbons (Fsp3) is 0.571. The van der Waals surface area contributed by atoms with Crippen molar-refractivity contribution < 1.29 is 4.52 Å². The van der Waals surface area contributed by atoms with Gasteiger partial charge in [-0.2, -0.15) is 4.98 Å². The first-order valence-corrected chi connectivity index (χ1v) is 4.99. The molecule has 1 aromatic heterocycles. The summed E-state index contributed by atoms with van der Waals surface area (Å²) in [4.78, 5) is 4.12. The molecule has 13 heavy (non-hydrogen) atoms. The van der Waals surface area contributed by atoms with Gasteiger partial charge in [-0.3, -0.25) is 5.41 Å². The van der Waals surface area contributed by atoms with E-state index in [1.54, 1.807) is 0 Å². The molecule has 0 aliphatic carbocycles. The Balaban J connectivity index is 2.44. The molecule has 1 aromatic rings. The lowest BCUT2D eigenvalue weighted by Gasteiger charge is -1.90. The average Bonchev–Trinajstić information content (AvgIpc) is 2.50. The molecule has 0 radical (unpaired) electrons. The molecule has 0 bridgehead atoms. The van der Waals surface area contributed by atoms with Crippen molar-refractivity contribution in [3.63, 3.8) is 0 Å². The summed E-state index contributed by atoms with van der Waals surface area (Å²) < 4.78 is 4.93. The third kappa shape index (κ3) is 3.45. The summed E-state index contributed by atoms with van der Waals surface area (Å²) in [5.74, 6) is 1.73. The van der Waals surface area contributed by atoms with Crippen LogP contribution in [-0.4, -0.2) is 15.3 Å². The molecule has 0 saturated carbocycles. The number of nitrogens with two attached hydrogens (primary N) is 1. The van der Waals surface area contributed by atoms with E-state index in [2.05, 4.69) is 17.1 Å². The lowest BCUT2D eigenvalue weighted by atomic mass is 10.3. The minimum Gasteiger partial charge on any atom is -0.379 e. The Morgan fingerprint density at radius 3 is 3.08 bits per heavy atom. The van der Waals surface area contributed by atoms with Crippen molar-refractivity contribution in [2.45, 2.75) is 25.5 Å². The lowest BCUT2D eigenvalue weighted by molar-refractivity contribution is 0.385. The van der Waals surface area contributed by atoms with Crippen LogP contribution in [0.25, 0.3) is 0 Å². The van der Waals surface area contributed by atoms with Crippen molar-refractivity contribution in [3.8, 4) is 0 Å². The molecule has 0 unspecified atom stereocenters. The number of thioether (sulfide) groups is 1. The van der Waals surface area contributed by atoms with Gasteiger partial charge in [-0.05, 0) is 6.42 Å². The third-order valence-electron chi connectivity index (χ3n) is 1.33. The first kappa shape index (κ1) is 10.0. The van der Waals surface area contributed by atoms with Crippen LogP contribution in [0.4, 0.5) is 0 Å². The minimum absolute atomic E-state index is 0.0650. The van der Waals surface area contributed by atoms with Gasteiger partial charge in [0.1, 0.15) is 0 Å². The second-order valence-electron chi connectivity index (χ2n) is 2.51. The van der Waals surface area contributed by atoms with Gasteiger partial charge in [0.25, 0.3) is 0 Å². The van der Waals surface area contributed by atoms with Crippen LogP contribution in [0.5, 0.6) is 0 Å². The molecule has 0 amide bonds. The number of aryl methyl sites for hydroxylation is 1. The summed E-state index contributed by atoms with van der Waals surface area (Å²) in [5.41, 5.74) is 5.16. The highest BCUT2D eigenvalue weighted by Gasteiger charge is 2.05. The number of nitrogens with one attached hydrogen (secondary N) is 1. The molecule has 0 aromatic carbocycles. The van der Waals surface area contributed by atoms with Gasteiger partial charge in [0.05, 0.1) is 5.75 Å². The molecule has 0 fully saturated rings. The van der Waals surface area contributed by atoms with Gasteiger partial charge in [-0.25, -0.2) is 0 Å². The maximum absolute atomic E-state index is 6.98. The van der Waals surface area contributed by atoms with E-state index in [0.29, 0.717) is 11.6 Å². The van der Waals surface area contributed by atoms with Crippen LogP contribution in [0.1, 0.15) is 25.1 Å². The molecule has 0 atom stereocenters. The lowest BCUT2D eigenvalue weighted by Crippen LogP contribution is -2.03. The van der Waals surface area contributed by atoms with Crippen LogP contribution in [0.3, 0.4) is 0 Å². The predicted octanol–water partition coefficient (Wildman–Crippen LogP) is 1.15. The summed E-state index contributed by atoms with van der Waals surface area (Å²) in [6, 6.07) is 0. The van der Waals surface area contributed by atoms with Gasteiger partial charge in [-0.1, -0.05) is 23.8 Å². The van der Waals surface area contributed by atoms with Gasteiger partial charge < -0.3 is 10.3 Å². The fourth-order valence-electron chi connectivity index (χ4n) is 0.813. The van der Waals surface area contributed by atoms with Crippen LogP contribution in [0.15, 0.2) is 4.52 Å². The SMILES string of the molecule is CCCc1noc(CSC(=N)N)n1. The molecular formula is C7H12N4OS. The molecule has 1 heterocycles. The Morgan fingerprint density at radius 2 is 2.46 bits per heavy atom. The van der Waals surface area contributed by atoms with Gasteiger partial charge in [-0.15, -0.1) is 0 Å². The summed E-state index contributed by atoms with van der Waals surface area (Å²) in [7, 11) is 0. The molecule has 3 N–H and O–H groups in total. The summed E-state index contributed by atoms with van der Waals surface area (Å²) in [6.07, 6.45) is 1.83. The Morgan fingerprint density at radius 1 is 1.69 bits per heavy atom. The molecule has 1 rings (SSSR count). The molecule has 6 heteroatoms. The summed E-state index contributed by atoms with van der Waals surface area (Å²) in [5, 5.41) is 10.8. The molecule has 72 valence electrons. The summed E-state index contributed by atoms with van der Waals surface area (Å²) >= 11 is 1.18. The first-order valence-electron chi connectivity index (χ1n) is 4.00. The Kier molecular flexibility index (Phi) is 3.75.